The summed E-state index contributed by atoms with van der Waals surface area (Å²) < 4.78 is 14.0. The third kappa shape index (κ3) is 2.89. The number of hydrogen-bond donors (Lipinski definition) is 1. The summed E-state index contributed by atoms with van der Waals surface area (Å²) in [5, 5.41) is 2.48. The van der Waals surface area contributed by atoms with Crippen molar-refractivity contribution in [3.05, 3.63) is 52.1 Å². The van der Waals surface area contributed by atoms with E-state index in [1.165, 1.54) is 24.5 Å². The molecule has 0 aliphatic rings. The zero-order valence-electron chi connectivity index (χ0n) is 9.45. The van der Waals surface area contributed by atoms with E-state index in [4.69, 9.17) is 0 Å². The first-order valence-electron chi connectivity index (χ1n) is 5.11. The summed E-state index contributed by atoms with van der Waals surface area (Å²) in [6.07, 6.45) is 2.83. The molecule has 0 atom stereocenters. The lowest BCUT2D eigenvalue weighted by Gasteiger charge is -2.05. The van der Waals surface area contributed by atoms with Gasteiger partial charge in [0.05, 0.1) is 18.0 Å². The van der Waals surface area contributed by atoms with Crippen molar-refractivity contribution in [3.8, 4) is 0 Å². The number of carbonyl (C=O) groups excluding carboxylic acids is 1. The van der Waals surface area contributed by atoms with Gasteiger partial charge in [0.1, 0.15) is 10.4 Å². The number of nitrogens with zero attached hydrogens (tertiary/aromatic N) is 2. The predicted molar refractivity (Wildman–Crippen MR) is 68.8 cm³/mol. The topological polar surface area (TPSA) is 54.9 Å². The highest BCUT2D eigenvalue weighted by molar-refractivity contribution is 9.10. The summed E-state index contributed by atoms with van der Waals surface area (Å²) in [6, 6.07) is 4.35. The second-order valence-corrected chi connectivity index (χ2v) is 4.47. The van der Waals surface area contributed by atoms with Crippen LogP contribution in [0.2, 0.25) is 0 Å². The molecule has 0 saturated heterocycles. The van der Waals surface area contributed by atoms with Crippen LogP contribution >= 0.6 is 15.9 Å². The van der Waals surface area contributed by atoms with Gasteiger partial charge in [-0.3, -0.25) is 4.79 Å². The number of benzene rings is 1. The predicted octanol–water partition coefficient (Wildman–Crippen LogP) is 2.94. The summed E-state index contributed by atoms with van der Waals surface area (Å²) in [7, 11) is 0. The van der Waals surface area contributed by atoms with Gasteiger partial charge in [-0.1, -0.05) is 11.6 Å². The van der Waals surface area contributed by atoms with E-state index in [9.17, 15) is 9.18 Å². The maximum absolute atomic E-state index is 13.5. The summed E-state index contributed by atoms with van der Waals surface area (Å²) in [5.41, 5.74) is 0.795. The van der Waals surface area contributed by atoms with E-state index in [1.807, 2.05) is 0 Å². The van der Waals surface area contributed by atoms with Crippen molar-refractivity contribution in [1.82, 2.24) is 9.97 Å². The number of carbonyl (C=O) groups is 1. The molecular weight excluding hydrogens is 301 g/mol. The summed E-state index contributed by atoms with van der Waals surface area (Å²) in [4.78, 5) is 19.7. The molecule has 0 saturated carbocycles. The van der Waals surface area contributed by atoms with Crippen molar-refractivity contribution in [3.63, 3.8) is 0 Å². The number of aromatic nitrogens is 2. The quantitative estimate of drug-likeness (QED) is 0.928. The molecule has 1 aromatic heterocycles. The third-order valence-electron chi connectivity index (χ3n) is 2.23. The van der Waals surface area contributed by atoms with Crippen molar-refractivity contribution in [2.45, 2.75) is 6.92 Å². The van der Waals surface area contributed by atoms with E-state index >= 15 is 0 Å². The van der Waals surface area contributed by atoms with E-state index in [2.05, 4.69) is 31.2 Å². The molecule has 0 radical (unpaired) electrons. The highest BCUT2D eigenvalue weighted by Gasteiger charge is 2.12. The Morgan fingerprint density at radius 3 is 2.78 bits per heavy atom. The molecule has 1 N–H and O–H groups in total. The van der Waals surface area contributed by atoms with E-state index in [0.29, 0.717) is 4.60 Å². The highest BCUT2D eigenvalue weighted by atomic mass is 79.9. The number of nitrogens with one attached hydrogen (secondary N) is 1. The number of hydrogen-bond acceptors (Lipinski definition) is 3. The lowest BCUT2D eigenvalue weighted by Crippen LogP contribution is -2.15. The van der Waals surface area contributed by atoms with Crippen LogP contribution in [-0.2, 0) is 0 Å². The van der Waals surface area contributed by atoms with Crippen LogP contribution in [0.15, 0.2) is 35.2 Å². The number of rotatable bonds is 2. The molecule has 2 rings (SSSR count). The Balaban J connectivity index is 2.21. The first-order chi connectivity index (χ1) is 8.56. The fraction of sp³-hybridized carbons (Fsp3) is 0.0833. The van der Waals surface area contributed by atoms with Gasteiger partial charge in [0.2, 0.25) is 0 Å². The zero-order chi connectivity index (χ0) is 13.1. The van der Waals surface area contributed by atoms with Gasteiger partial charge in [-0.05, 0) is 35.0 Å². The maximum atomic E-state index is 13.5. The van der Waals surface area contributed by atoms with Crippen LogP contribution in [0.5, 0.6) is 0 Å². The van der Waals surface area contributed by atoms with Gasteiger partial charge in [0, 0.05) is 0 Å². The molecule has 4 nitrogen and oxygen atoms in total. The largest absolute Gasteiger partial charge is 0.305 e. The Labute approximate surface area is 111 Å². The minimum atomic E-state index is -0.567. The molecule has 92 valence electrons. The molecule has 0 aliphatic carbocycles. The standard InChI is InChI=1S/C12H9BrFN3O/c1-7-2-3-9(14)8(4-7)12(18)17-11-6-15-10(13)5-16-11/h2-6H,1H3,(H,16,17,18). The van der Waals surface area contributed by atoms with E-state index < -0.39 is 11.7 Å². The molecule has 0 unspecified atom stereocenters. The fourth-order valence-electron chi connectivity index (χ4n) is 1.37. The zero-order valence-corrected chi connectivity index (χ0v) is 11.0. The number of anilines is 1. The molecule has 0 spiro atoms. The lowest BCUT2D eigenvalue weighted by atomic mass is 10.1. The van der Waals surface area contributed by atoms with Crippen LogP contribution in [0.4, 0.5) is 10.2 Å². The van der Waals surface area contributed by atoms with Crippen LogP contribution in [0.25, 0.3) is 0 Å². The normalized spacial score (nSPS) is 10.2. The van der Waals surface area contributed by atoms with Gasteiger partial charge in [-0.15, -0.1) is 0 Å². The molecule has 1 aromatic carbocycles. The van der Waals surface area contributed by atoms with Gasteiger partial charge in [-0.2, -0.15) is 0 Å². The van der Waals surface area contributed by atoms with E-state index in [0.717, 1.165) is 5.56 Å². The smallest absolute Gasteiger partial charge is 0.259 e. The van der Waals surface area contributed by atoms with E-state index in [-0.39, 0.29) is 11.4 Å². The first kappa shape index (κ1) is 12.6. The Morgan fingerprint density at radius 1 is 1.33 bits per heavy atom. The van der Waals surface area contributed by atoms with E-state index in [1.54, 1.807) is 13.0 Å². The number of halogens is 2. The monoisotopic (exact) mass is 309 g/mol. The number of aryl methyl sites for hydroxylation is 1. The van der Waals surface area contributed by atoms with Gasteiger partial charge < -0.3 is 5.32 Å². The van der Waals surface area contributed by atoms with Crippen LogP contribution in [0.3, 0.4) is 0 Å². The molecule has 0 fully saturated rings. The first-order valence-corrected chi connectivity index (χ1v) is 5.90. The minimum absolute atomic E-state index is 0.0141. The second kappa shape index (κ2) is 5.22. The minimum Gasteiger partial charge on any atom is -0.305 e. The number of amides is 1. The van der Waals surface area contributed by atoms with Crippen molar-refractivity contribution >= 4 is 27.7 Å². The molecular formula is C12H9BrFN3O. The van der Waals surface area contributed by atoms with Crippen LogP contribution in [0.1, 0.15) is 15.9 Å². The molecule has 1 heterocycles. The Morgan fingerprint density at radius 2 is 2.11 bits per heavy atom. The molecule has 6 heteroatoms. The summed E-state index contributed by atoms with van der Waals surface area (Å²) >= 11 is 3.13. The third-order valence-corrected chi connectivity index (χ3v) is 2.64. The van der Waals surface area contributed by atoms with Crippen LogP contribution in [0, 0.1) is 12.7 Å². The molecule has 18 heavy (non-hydrogen) atoms. The van der Waals surface area contributed by atoms with Gasteiger partial charge >= 0.3 is 0 Å². The maximum Gasteiger partial charge on any atom is 0.259 e. The highest BCUT2D eigenvalue weighted by Crippen LogP contribution is 2.13. The van der Waals surface area contributed by atoms with Gasteiger partial charge in [0.25, 0.3) is 5.91 Å². The fourth-order valence-corrected chi connectivity index (χ4v) is 1.58. The van der Waals surface area contributed by atoms with Gasteiger partial charge in [-0.25, -0.2) is 14.4 Å². The average molecular weight is 310 g/mol. The molecule has 1 amide bonds. The SMILES string of the molecule is Cc1ccc(F)c(C(=O)Nc2cnc(Br)cn2)c1. The summed E-state index contributed by atoms with van der Waals surface area (Å²) in [6.45, 7) is 1.79. The van der Waals surface area contributed by atoms with Crippen molar-refractivity contribution in [2.75, 3.05) is 5.32 Å². The Hall–Kier alpha value is -1.82. The van der Waals surface area contributed by atoms with Gasteiger partial charge in [0.15, 0.2) is 5.82 Å². The second-order valence-electron chi connectivity index (χ2n) is 3.66. The Kier molecular flexibility index (Phi) is 3.66. The molecule has 0 aliphatic heterocycles. The molecule has 2 aromatic rings. The summed E-state index contributed by atoms with van der Waals surface area (Å²) in [5.74, 6) is -0.847. The van der Waals surface area contributed by atoms with Crippen molar-refractivity contribution < 1.29 is 9.18 Å². The average Bonchev–Trinajstić information content (AvgIpc) is 2.35. The van der Waals surface area contributed by atoms with Crippen molar-refractivity contribution in [1.29, 1.82) is 0 Å². The van der Waals surface area contributed by atoms with Crippen LogP contribution < -0.4 is 5.32 Å². The Bertz CT molecular complexity index is 586. The molecule has 0 bridgehead atoms. The van der Waals surface area contributed by atoms with Crippen molar-refractivity contribution in [2.24, 2.45) is 0 Å². The van der Waals surface area contributed by atoms with Crippen LogP contribution in [-0.4, -0.2) is 15.9 Å². The lowest BCUT2D eigenvalue weighted by molar-refractivity contribution is 0.102.